The molecule has 3 aromatic rings. The third-order valence-electron chi connectivity index (χ3n) is 4.72. The van der Waals surface area contributed by atoms with Crippen LogP contribution in [-0.4, -0.2) is 65.0 Å². The van der Waals surface area contributed by atoms with E-state index in [-0.39, 0.29) is 0 Å². The van der Waals surface area contributed by atoms with Crippen LogP contribution < -0.4 is 15.0 Å². The van der Waals surface area contributed by atoms with Gasteiger partial charge in [0.15, 0.2) is 5.65 Å². The Balaban J connectivity index is 1.70. The molecule has 1 aliphatic rings. The first-order valence-corrected chi connectivity index (χ1v) is 8.68. The van der Waals surface area contributed by atoms with Crippen molar-refractivity contribution in [3.05, 3.63) is 30.5 Å². The van der Waals surface area contributed by atoms with Crippen molar-refractivity contribution in [2.45, 2.75) is 0 Å². The molecule has 2 aromatic heterocycles. The van der Waals surface area contributed by atoms with E-state index in [0.29, 0.717) is 0 Å². The number of methoxy groups -OCH3 is 1. The van der Waals surface area contributed by atoms with Crippen molar-refractivity contribution >= 4 is 28.5 Å². The summed E-state index contributed by atoms with van der Waals surface area (Å²) in [5.41, 5.74) is 1.77. The zero-order valence-corrected chi connectivity index (χ0v) is 15.3. The largest absolute Gasteiger partial charge is 0.497 e. The maximum absolute atomic E-state index is 5.22. The molecule has 1 saturated heterocycles. The molecular formula is C18H23N7O. The molecule has 0 saturated carbocycles. The molecule has 0 atom stereocenters. The van der Waals surface area contributed by atoms with Gasteiger partial charge in [0.2, 0.25) is 5.95 Å². The number of likely N-dealkylation sites (N-methyl/N-ethyl adjacent to an activating group) is 1. The first-order valence-electron chi connectivity index (χ1n) is 8.68. The number of nitrogens with zero attached hydrogens (tertiary/aromatic N) is 6. The van der Waals surface area contributed by atoms with Crippen molar-refractivity contribution in [1.82, 2.24) is 24.6 Å². The molecule has 0 aliphatic carbocycles. The number of aromatic nitrogens is 4. The zero-order valence-electron chi connectivity index (χ0n) is 15.3. The maximum atomic E-state index is 5.22. The summed E-state index contributed by atoms with van der Waals surface area (Å²) >= 11 is 0. The molecule has 26 heavy (non-hydrogen) atoms. The Kier molecular flexibility index (Phi) is 4.34. The van der Waals surface area contributed by atoms with Gasteiger partial charge >= 0.3 is 0 Å². The average molecular weight is 353 g/mol. The Morgan fingerprint density at radius 2 is 1.73 bits per heavy atom. The number of aryl methyl sites for hydroxylation is 1. The first kappa shape index (κ1) is 16.6. The van der Waals surface area contributed by atoms with Gasteiger partial charge in [-0.2, -0.15) is 15.1 Å². The number of hydrogen-bond acceptors (Lipinski definition) is 7. The van der Waals surface area contributed by atoms with Crippen molar-refractivity contribution in [1.29, 1.82) is 0 Å². The quantitative estimate of drug-likeness (QED) is 0.768. The van der Waals surface area contributed by atoms with E-state index in [0.717, 1.165) is 60.4 Å². The van der Waals surface area contributed by atoms with Gasteiger partial charge in [-0.3, -0.25) is 4.68 Å². The molecule has 0 spiro atoms. The van der Waals surface area contributed by atoms with Crippen LogP contribution in [0, 0.1) is 0 Å². The Morgan fingerprint density at radius 3 is 2.42 bits per heavy atom. The van der Waals surface area contributed by atoms with E-state index in [1.165, 1.54) is 0 Å². The van der Waals surface area contributed by atoms with Crippen LogP contribution in [0.5, 0.6) is 5.75 Å². The van der Waals surface area contributed by atoms with Gasteiger partial charge in [0, 0.05) is 38.9 Å². The van der Waals surface area contributed by atoms with E-state index < -0.39 is 0 Å². The number of anilines is 3. The predicted molar refractivity (Wildman–Crippen MR) is 102 cm³/mol. The molecule has 0 radical (unpaired) electrons. The highest BCUT2D eigenvalue weighted by Gasteiger charge is 2.20. The van der Waals surface area contributed by atoms with Crippen LogP contribution in [-0.2, 0) is 7.05 Å². The lowest BCUT2D eigenvalue weighted by Crippen LogP contribution is -2.45. The molecule has 3 heterocycles. The standard InChI is InChI=1S/C18H23N7O/c1-23-8-10-25(11-9-23)18-21-16(15-12-19-24(2)17(15)22-18)20-13-4-6-14(26-3)7-5-13/h4-7,12H,8-11H2,1-3H3,(H,20,21,22). The van der Waals surface area contributed by atoms with E-state index >= 15 is 0 Å². The number of ether oxygens (including phenoxy) is 1. The number of benzene rings is 1. The second kappa shape index (κ2) is 6.80. The highest BCUT2D eigenvalue weighted by molar-refractivity contribution is 5.89. The SMILES string of the molecule is COc1ccc(Nc2nc(N3CCN(C)CC3)nc3c2cnn3C)cc1. The second-order valence-corrected chi connectivity index (χ2v) is 6.52. The number of hydrogen-bond donors (Lipinski definition) is 1. The summed E-state index contributed by atoms with van der Waals surface area (Å²) in [4.78, 5) is 14.1. The monoisotopic (exact) mass is 353 g/mol. The van der Waals surface area contributed by atoms with E-state index in [4.69, 9.17) is 14.7 Å². The first-order chi connectivity index (χ1) is 12.6. The molecule has 1 aliphatic heterocycles. The van der Waals surface area contributed by atoms with Crippen LogP contribution in [0.3, 0.4) is 0 Å². The molecule has 136 valence electrons. The fraction of sp³-hybridized carbons (Fsp3) is 0.389. The van der Waals surface area contributed by atoms with Crippen molar-refractivity contribution in [2.24, 2.45) is 7.05 Å². The van der Waals surface area contributed by atoms with Crippen molar-refractivity contribution in [3.63, 3.8) is 0 Å². The number of piperazine rings is 1. The Bertz CT molecular complexity index is 898. The average Bonchev–Trinajstić information content (AvgIpc) is 3.04. The zero-order chi connectivity index (χ0) is 18.1. The minimum absolute atomic E-state index is 0.741. The summed E-state index contributed by atoms with van der Waals surface area (Å²) in [7, 11) is 5.70. The van der Waals surface area contributed by atoms with Crippen LogP contribution in [0.25, 0.3) is 11.0 Å². The summed E-state index contributed by atoms with van der Waals surface area (Å²) in [6.07, 6.45) is 1.80. The van der Waals surface area contributed by atoms with E-state index in [2.05, 4.69) is 27.3 Å². The van der Waals surface area contributed by atoms with Gasteiger partial charge in [0.05, 0.1) is 18.7 Å². The van der Waals surface area contributed by atoms with Gasteiger partial charge in [-0.1, -0.05) is 0 Å². The van der Waals surface area contributed by atoms with E-state index in [1.807, 2.05) is 31.3 Å². The molecule has 0 unspecified atom stereocenters. The fourth-order valence-corrected chi connectivity index (χ4v) is 3.06. The van der Waals surface area contributed by atoms with Crippen LogP contribution >= 0.6 is 0 Å². The summed E-state index contributed by atoms with van der Waals surface area (Å²) in [5.74, 6) is 2.33. The van der Waals surface area contributed by atoms with Crippen LogP contribution in [0.4, 0.5) is 17.5 Å². The Morgan fingerprint density at radius 1 is 1.00 bits per heavy atom. The van der Waals surface area contributed by atoms with E-state index in [9.17, 15) is 0 Å². The molecule has 8 nitrogen and oxygen atoms in total. The third-order valence-corrected chi connectivity index (χ3v) is 4.72. The molecule has 1 aromatic carbocycles. The molecule has 0 bridgehead atoms. The number of fused-ring (bicyclic) bond motifs is 1. The summed E-state index contributed by atoms with van der Waals surface area (Å²) in [6.45, 7) is 3.85. The third kappa shape index (κ3) is 3.15. The minimum Gasteiger partial charge on any atom is -0.497 e. The summed E-state index contributed by atoms with van der Waals surface area (Å²) in [5, 5.41) is 8.66. The Hall–Kier alpha value is -2.87. The van der Waals surface area contributed by atoms with Gasteiger partial charge < -0.3 is 19.9 Å². The van der Waals surface area contributed by atoms with Gasteiger partial charge in [0.25, 0.3) is 0 Å². The predicted octanol–water partition coefficient (Wildman–Crippen LogP) is 1.87. The molecule has 4 rings (SSSR count). The lowest BCUT2D eigenvalue weighted by atomic mass is 10.3. The van der Waals surface area contributed by atoms with E-state index in [1.54, 1.807) is 18.0 Å². The lowest BCUT2D eigenvalue weighted by Gasteiger charge is -2.32. The maximum Gasteiger partial charge on any atom is 0.229 e. The minimum atomic E-state index is 0.741. The lowest BCUT2D eigenvalue weighted by molar-refractivity contribution is 0.311. The molecule has 0 amide bonds. The fourth-order valence-electron chi connectivity index (χ4n) is 3.06. The van der Waals surface area contributed by atoms with Gasteiger partial charge in [-0.05, 0) is 31.3 Å². The smallest absolute Gasteiger partial charge is 0.229 e. The summed E-state index contributed by atoms with van der Waals surface area (Å²) in [6, 6.07) is 7.79. The second-order valence-electron chi connectivity index (χ2n) is 6.52. The number of rotatable bonds is 4. The number of nitrogens with one attached hydrogen (secondary N) is 1. The molecule has 1 N–H and O–H groups in total. The van der Waals surface area contributed by atoms with Gasteiger partial charge in [0.1, 0.15) is 11.6 Å². The van der Waals surface area contributed by atoms with Crippen LogP contribution in [0.1, 0.15) is 0 Å². The molecule has 8 heteroatoms. The van der Waals surface area contributed by atoms with Crippen LogP contribution in [0.2, 0.25) is 0 Å². The van der Waals surface area contributed by atoms with Gasteiger partial charge in [-0.25, -0.2) is 0 Å². The molecular weight excluding hydrogens is 330 g/mol. The molecule has 1 fully saturated rings. The summed E-state index contributed by atoms with van der Waals surface area (Å²) < 4.78 is 7.01. The van der Waals surface area contributed by atoms with Gasteiger partial charge in [-0.15, -0.1) is 0 Å². The van der Waals surface area contributed by atoms with Crippen molar-refractivity contribution in [2.75, 3.05) is 50.6 Å². The van der Waals surface area contributed by atoms with Crippen molar-refractivity contribution in [3.8, 4) is 5.75 Å². The highest BCUT2D eigenvalue weighted by atomic mass is 16.5. The highest BCUT2D eigenvalue weighted by Crippen LogP contribution is 2.27. The van der Waals surface area contributed by atoms with Crippen LogP contribution in [0.15, 0.2) is 30.5 Å². The topological polar surface area (TPSA) is 71.3 Å². The van der Waals surface area contributed by atoms with Crippen molar-refractivity contribution < 1.29 is 4.74 Å². The normalized spacial score (nSPS) is 15.4. The Labute approximate surface area is 152 Å².